The van der Waals surface area contributed by atoms with Crippen molar-refractivity contribution < 1.29 is 19.1 Å². The van der Waals surface area contributed by atoms with Gasteiger partial charge in [-0.3, -0.25) is 25.3 Å². The Morgan fingerprint density at radius 1 is 1.00 bits per heavy atom. The SMILES string of the molecule is C=CCOc1ccc(C(Nc2ccc(C(=N)N)cc2)C(=O)NC(=O)c2cccnc2)cc1OCC=C. The van der Waals surface area contributed by atoms with Crippen LogP contribution >= 0.6 is 0 Å². The number of amides is 2. The molecule has 5 N–H and O–H groups in total. The summed E-state index contributed by atoms with van der Waals surface area (Å²) >= 11 is 0. The highest BCUT2D eigenvalue weighted by Gasteiger charge is 2.25. The Balaban J connectivity index is 1.95. The Morgan fingerprint density at radius 3 is 2.31 bits per heavy atom. The second-order valence-electron chi connectivity index (χ2n) is 7.53. The van der Waals surface area contributed by atoms with E-state index in [1.807, 2.05) is 0 Å². The normalized spacial score (nSPS) is 11.0. The number of pyridine rings is 1. The summed E-state index contributed by atoms with van der Waals surface area (Å²) in [5, 5.41) is 13.1. The van der Waals surface area contributed by atoms with E-state index in [0.717, 1.165) is 0 Å². The predicted octanol–water partition coefficient (Wildman–Crippen LogP) is 3.61. The standard InChI is InChI=1S/C27H27N5O4/c1-3-14-35-22-12-9-19(16-23(22)36-15-4-2)24(31-21-10-7-18(8-11-21)25(28)29)27(34)32-26(33)20-6-5-13-30-17-20/h3-13,16-17,24,31H,1-2,14-15H2,(H3,28,29)(H,32,33,34). The summed E-state index contributed by atoms with van der Waals surface area (Å²) in [4.78, 5) is 29.9. The number of anilines is 1. The molecular formula is C27H27N5O4. The number of nitrogen functional groups attached to an aromatic ring is 1. The quantitative estimate of drug-likeness (QED) is 0.175. The van der Waals surface area contributed by atoms with E-state index >= 15 is 0 Å². The van der Waals surface area contributed by atoms with Gasteiger partial charge in [0.1, 0.15) is 25.1 Å². The summed E-state index contributed by atoms with van der Waals surface area (Å²) in [6, 6.07) is 13.9. The maximum absolute atomic E-state index is 13.3. The predicted molar refractivity (Wildman–Crippen MR) is 138 cm³/mol. The fourth-order valence-electron chi connectivity index (χ4n) is 3.20. The minimum Gasteiger partial charge on any atom is -0.486 e. The summed E-state index contributed by atoms with van der Waals surface area (Å²) in [5.41, 5.74) is 7.42. The number of carbonyl (C=O) groups excluding carboxylic acids is 2. The Labute approximate surface area is 209 Å². The first-order chi connectivity index (χ1) is 17.4. The van der Waals surface area contributed by atoms with Crippen molar-refractivity contribution in [3.05, 3.63) is 109 Å². The minimum absolute atomic E-state index is 0.0722. The molecule has 1 unspecified atom stereocenters. The number of benzene rings is 2. The fraction of sp³-hybridized carbons (Fsp3) is 0.111. The van der Waals surface area contributed by atoms with Crippen molar-refractivity contribution >= 4 is 23.3 Å². The van der Waals surface area contributed by atoms with Crippen LogP contribution in [0.3, 0.4) is 0 Å². The molecule has 9 nitrogen and oxygen atoms in total. The minimum atomic E-state index is -0.978. The Bertz CT molecular complexity index is 1240. The van der Waals surface area contributed by atoms with Crippen LogP contribution < -0.4 is 25.8 Å². The van der Waals surface area contributed by atoms with Gasteiger partial charge in [0.15, 0.2) is 11.5 Å². The zero-order chi connectivity index (χ0) is 25.9. The zero-order valence-corrected chi connectivity index (χ0v) is 19.6. The van der Waals surface area contributed by atoms with Crippen LogP contribution in [0.25, 0.3) is 0 Å². The molecule has 0 bridgehead atoms. The second-order valence-corrected chi connectivity index (χ2v) is 7.53. The molecule has 0 radical (unpaired) electrons. The molecule has 1 heterocycles. The van der Waals surface area contributed by atoms with Crippen LogP contribution in [0.4, 0.5) is 5.69 Å². The summed E-state index contributed by atoms with van der Waals surface area (Å²) < 4.78 is 11.4. The molecule has 36 heavy (non-hydrogen) atoms. The third kappa shape index (κ3) is 6.80. The van der Waals surface area contributed by atoms with Crippen molar-refractivity contribution in [1.29, 1.82) is 5.41 Å². The van der Waals surface area contributed by atoms with Crippen LogP contribution in [0.5, 0.6) is 11.5 Å². The number of aromatic nitrogens is 1. The lowest BCUT2D eigenvalue weighted by molar-refractivity contribution is -0.121. The summed E-state index contributed by atoms with van der Waals surface area (Å²) in [6.07, 6.45) is 6.11. The van der Waals surface area contributed by atoms with E-state index in [1.54, 1.807) is 66.7 Å². The van der Waals surface area contributed by atoms with Crippen LogP contribution in [0.1, 0.15) is 27.5 Å². The highest BCUT2D eigenvalue weighted by molar-refractivity contribution is 6.06. The highest BCUT2D eigenvalue weighted by Crippen LogP contribution is 2.32. The fourth-order valence-corrected chi connectivity index (χ4v) is 3.20. The molecule has 0 saturated heterocycles. The number of amidine groups is 1. The molecule has 2 amide bonds. The molecule has 0 aliphatic carbocycles. The van der Waals surface area contributed by atoms with E-state index in [-0.39, 0.29) is 24.6 Å². The van der Waals surface area contributed by atoms with Gasteiger partial charge >= 0.3 is 0 Å². The first-order valence-corrected chi connectivity index (χ1v) is 11.0. The summed E-state index contributed by atoms with van der Waals surface area (Å²) in [6.45, 7) is 7.81. The maximum atomic E-state index is 13.3. The van der Waals surface area contributed by atoms with Crippen LogP contribution in [0.2, 0.25) is 0 Å². The van der Waals surface area contributed by atoms with Crippen molar-refractivity contribution in [3.8, 4) is 11.5 Å². The largest absolute Gasteiger partial charge is 0.486 e. The molecule has 1 atom stereocenters. The average molecular weight is 486 g/mol. The lowest BCUT2D eigenvalue weighted by Crippen LogP contribution is -2.37. The van der Waals surface area contributed by atoms with Gasteiger partial charge in [0.25, 0.3) is 11.8 Å². The van der Waals surface area contributed by atoms with E-state index in [2.05, 4.69) is 28.8 Å². The number of carbonyl (C=O) groups is 2. The third-order valence-corrected chi connectivity index (χ3v) is 4.94. The number of ether oxygens (including phenoxy) is 2. The Kier molecular flexibility index (Phi) is 8.94. The topological polar surface area (TPSA) is 139 Å². The van der Waals surface area contributed by atoms with E-state index in [1.165, 1.54) is 12.4 Å². The van der Waals surface area contributed by atoms with Crippen molar-refractivity contribution in [1.82, 2.24) is 10.3 Å². The molecule has 184 valence electrons. The smallest absolute Gasteiger partial charge is 0.259 e. The summed E-state index contributed by atoms with van der Waals surface area (Å²) in [7, 11) is 0. The Morgan fingerprint density at radius 2 is 1.69 bits per heavy atom. The molecule has 1 aromatic heterocycles. The van der Waals surface area contributed by atoms with Crippen molar-refractivity contribution in [2.75, 3.05) is 18.5 Å². The van der Waals surface area contributed by atoms with Gasteiger partial charge in [-0.1, -0.05) is 31.4 Å². The van der Waals surface area contributed by atoms with Crippen molar-refractivity contribution in [3.63, 3.8) is 0 Å². The second kappa shape index (κ2) is 12.5. The van der Waals surface area contributed by atoms with Crippen molar-refractivity contribution in [2.45, 2.75) is 6.04 Å². The van der Waals surface area contributed by atoms with Crippen LogP contribution in [-0.2, 0) is 4.79 Å². The number of nitrogens with zero attached hydrogens (tertiary/aromatic N) is 1. The van der Waals surface area contributed by atoms with Crippen molar-refractivity contribution in [2.24, 2.45) is 5.73 Å². The molecule has 9 heteroatoms. The van der Waals surface area contributed by atoms with E-state index in [0.29, 0.717) is 28.3 Å². The lowest BCUT2D eigenvalue weighted by atomic mass is 10.0. The van der Waals surface area contributed by atoms with Gasteiger partial charge in [-0.2, -0.15) is 0 Å². The third-order valence-electron chi connectivity index (χ3n) is 4.94. The molecule has 0 spiro atoms. The summed E-state index contributed by atoms with van der Waals surface area (Å²) in [5.74, 6) is -0.372. The molecular weight excluding hydrogens is 458 g/mol. The van der Waals surface area contributed by atoms with Gasteiger partial charge in [0.05, 0.1) is 5.56 Å². The maximum Gasteiger partial charge on any atom is 0.259 e. The first kappa shape index (κ1) is 25.7. The van der Waals surface area contributed by atoms with Gasteiger partial charge in [-0.15, -0.1) is 0 Å². The van der Waals surface area contributed by atoms with E-state index < -0.39 is 17.9 Å². The zero-order valence-electron chi connectivity index (χ0n) is 19.6. The molecule has 0 aliphatic heterocycles. The van der Waals surface area contributed by atoms with E-state index in [9.17, 15) is 9.59 Å². The number of hydrogen-bond donors (Lipinski definition) is 4. The number of nitrogens with one attached hydrogen (secondary N) is 3. The first-order valence-electron chi connectivity index (χ1n) is 11.0. The van der Waals surface area contributed by atoms with Crippen LogP contribution in [0, 0.1) is 5.41 Å². The average Bonchev–Trinajstić information content (AvgIpc) is 2.90. The van der Waals surface area contributed by atoms with Gasteiger partial charge in [-0.05, 0) is 54.1 Å². The number of imide groups is 1. The molecule has 3 rings (SSSR count). The number of hydrogen-bond acceptors (Lipinski definition) is 7. The van der Waals surface area contributed by atoms with Gasteiger partial charge in [-0.25, -0.2) is 0 Å². The molecule has 0 fully saturated rings. The molecule has 2 aromatic carbocycles. The number of rotatable bonds is 12. The van der Waals surface area contributed by atoms with E-state index in [4.69, 9.17) is 20.6 Å². The highest BCUT2D eigenvalue weighted by atomic mass is 16.5. The number of nitrogens with two attached hydrogens (primary N) is 1. The van der Waals surface area contributed by atoms with Gasteiger partial charge in [0, 0.05) is 23.6 Å². The van der Waals surface area contributed by atoms with Crippen LogP contribution in [-0.4, -0.2) is 35.8 Å². The lowest BCUT2D eigenvalue weighted by Gasteiger charge is -2.21. The molecule has 0 aliphatic rings. The van der Waals surface area contributed by atoms with Gasteiger partial charge < -0.3 is 20.5 Å². The molecule has 3 aromatic rings. The molecule has 0 saturated carbocycles. The monoisotopic (exact) mass is 485 g/mol. The Hall–Kier alpha value is -4.92. The van der Waals surface area contributed by atoms with Crippen LogP contribution in [0.15, 0.2) is 92.3 Å². The van der Waals surface area contributed by atoms with Gasteiger partial charge in [0.2, 0.25) is 0 Å².